The first-order chi connectivity index (χ1) is 10.0. The van der Waals surface area contributed by atoms with Crippen LogP contribution in [0.4, 0.5) is 5.13 Å². The molecule has 2 aromatic rings. The lowest BCUT2D eigenvalue weighted by molar-refractivity contribution is 0.393. The fourth-order valence-corrected chi connectivity index (χ4v) is 2.91. The number of nitrogens with zero attached hydrogens (tertiary/aromatic N) is 2. The number of hydrogen-bond donors (Lipinski definition) is 1. The highest BCUT2D eigenvalue weighted by Gasteiger charge is 2.14. The number of nitrogens with one attached hydrogen (secondary N) is 1. The SMILES string of the molecule is COc1nc(N(C)C)sc1CN[C@@H](C)c1ccc(C)cc1. The van der Waals surface area contributed by atoms with Crippen molar-refractivity contribution >= 4 is 16.5 Å². The largest absolute Gasteiger partial charge is 0.480 e. The molecule has 0 aliphatic carbocycles. The summed E-state index contributed by atoms with van der Waals surface area (Å²) in [4.78, 5) is 7.60. The molecule has 1 aromatic heterocycles. The van der Waals surface area contributed by atoms with E-state index in [9.17, 15) is 0 Å². The van der Waals surface area contributed by atoms with E-state index in [4.69, 9.17) is 4.74 Å². The van der Waals surface area contributed by atoms with Crippen LogP contribution in [0.1, 0.15) is 29.0 Å². The van der Waals surface area contributed by atoms with E-state index in [1.54, 1.807) is 18.4 Å². The van der Waals surface area contributed by atoms with Crippen molar-refractivity contribution in [2.24, 2.45) is 0 Å². The van der Waals surface area contributed by atoms with Gasteiger partial charge in [0.05, 0.1) is 12.0 Å². The van der Waals surface area contributed by atoms with Gasteiger partial charge in [0.2, 0.25) is 5.88 Å². The van der Waals surface area contributed by atoms with Crippen molar-refractivity contribution in [1.82, 2.24) is 10.3 Å². The molecule has 114 valence electrons. The highest BCUT2D eigenvalue weighted by Crippen LogP contribution is 2.30. The van der Waals surface area contributed by atoms with Crippen molar-refractivity contribution in [3.63, 3.8) is 0 Å². The van der Waals surface area contributed by atoms with E-state index in [1.165, 1.54) is 11.1 Å². The minimum absolute atomic E-state index is 0.292. The number of methoxy groups -OCH3 is 1. The predicted molar refractivity (Wildman–Crippen MR) is 89.4 cm³/mol. The summed E-state index contributed by atoms with van der Waals surface area (Å²) >= 11 is 1.66. The molecule has 1 atom stereocenters. The predicted octanol–water partition coefficient (Wildman–Crippen LogP) is 3.38. The van der Waals surface area contributed by atoms with Gasteiger partial charge >= 0.3 is 0 Å². The molecular weight excluding hydrogens is 282 g/mol. The summed E-state index contributed by atoms with van der Waals surface area (Å²) < 4.78 is 5.36. The second kappa shape index (κ2) is 6.91. The third-order valence-corrected chi connectivity index (χ3v) is 4.58. The van der Waals surface area contributed by atoms with Crippen LogP contribution in [0.5, 0.6) is 5.88 Å². The molecule has 4 nitrogen and oxygen atoms in total. The summed E-state index contributed by atoms with van der Waals surface area (Å²) in [6.07, 6.45) is 0. The van der Waals surface area contributed by atoms with Gasteiger partial charge in [0.15, 0.2) is 5.13 Å². The standard InChI is InChI=1S/C16H23N3OS/c1-11-6-8-13(9-7-11)12(2)17-10-14-15(20-5)18-16(21-14)19(3)4/h6-9,12,17H,10H2,1-5H3/t12-/m0/s1. The van der Waals surface area contributed by atoms with Crippen LogP contribution in [0, 0.1) is 6.92 Å². The molecule has 0 saturated heterocycles. The lowest BCUT2D eigenvalue weighted by atomic mass is 10.1. The van der Waals surface area contributed by atoms with Gasteiger partial charge in [-0.2, -0.15) is 4.98 Å². The Kier molecular flexibility index (Phi) is 5.20. The van der Waals surface area contributed by atoms with Crippen LogP contribution in [0.2, 0.25) is 0 Å². The van der Waals surface area contributed by atoms with Crippen LogP contribution in [-0.4, -0.2) is 26.2 Å². The van der Waals surface area contributed by atoms with Gasteiger partial charge in [-0.15, -0.1) is 0 Å². The van der Waals surface area contributed by atoms with Crippen LogP contribution >= 0.6 is 11.3 Å². The zero-order valence-electron chi connectivity index (χ0n) is 13.3. The van der Waals surface area contributed by atoms with Gasteiger partial charge in [0.25, 0.3) is 0 Å². The third-order valence-electron chi connectivity index (χ3n) is 3.37. The van der Waals surface area contributed by atoms with Gasteiger partial charge in [-0.25, -0.2) is 0 Å². The molecule has 0 fully saturated rings. The van der Waals surface area contributed by atoms with Crippen molar-refractivity contribution in [3.8, 4) is 5.88 Å². The lowest BCUT2D eigenvalue weighted by Crippen LogP contribution is -2.17. The number of aromatic nitrogens is 1. The lowest BCUT2D eigenvalue weighted by Gasteiger charge is -2.14. The maximum atomic E-state index is 5.36. The molecule has 1 heterocycles. The van der Waals surface area contributed by atoms with Crippen molar-refractivity contribution < 1.29 is 4.74 Å². The Balaban J connectivity index is 2.03. The smallest absolute Gasteiger partial charge is 0.230 e. The van der Waals surface area contributed by atoms with E-state index >= 15 is 0 Å². The number of ether oxygens (including phenoxy) is 1. The normalized spacial score (nSPS) is 12.2. The topological polar surface area (TPSA) is 37.4 Å². The van der Waals surface area contributed by atoms with Crippen molar-refractivity contribution in [2.45, 2.75) is 26.4 Å². The van der Waals surface area contributed by atoms with E-state index in [2.05, 4.69) is 48.4 Å². The molecule has 0 bridgehead atoms. The van der Waals surface area contributed by atoms with Crippen LogP contribution < -0.4 is 15.0 Å². The number of thiazole rings is 1. The Morgan fingerprint density at radius 2 is 1.95 bits per heavy atom. The summed E-state index contributed by atoms with van der Waals surface area (Å²) in [5.74, 6) is 0.715. The minimum Gasteiger partial charge on any atom is -0.480 e. The summed E-state index contributed by atoms with van der Waals surface area (Å²) in [5, 5.41) is 4.50. The van der Waals surface area contributed by atoms with E-state index in [-0.39, 0.29) is 0 Å². The molecule has 0 amide bonds. The molecule has 0 aliphatic heterocycles. The second-order valence-electron chi connectivity index (χ2n) is 5.34. The van der Waals surface area contributed by atoms with Gasteiger partial charge in [0.1, 0.15) is 0 Å². The van der Waals surface area contributed by atoms with E-state index in [1.807, 2.05) is 19.0 Å². The Hall–Kier alpha value is -1.59. The van der Waals surface area contributed by atoms with Gasteiger partial charge < -0.3 is 15.0 Å². The van der Waals surface area contributed by atoms with E-state index in [0.717, 1.165) is 16.6 Å². The number of aryl methyl sites for hydroxylation is 1. The molecule has 21 heavy (non-hydrogen) atoms. The number of benzene rings is 1. The molecule has 0 aliphatic rings. The molecule has 0 unspecified atom stereocenters. The number of rotatable bonds is 6. The number of hydrogen-bond acceptors (Lipinski definition) is 5. The van der Waals surface area contributed by atoms with Crippen LogP contribution in [0.3, 0.4) is 0 Å². The quantitative estimate of drug-likeness (QED) is 0.888. The van der Waals surface area contributed by atoms with Crippen LogP contribution in [0.15, 0.2) is 24.3 Å². The molecule has 5 heteroatoms. The summed E-state index contributed by atoms with van der Waals surface area (Å²) in [6, 6.07) is 8.92. The average molecular weight is 305 g/mol. The molecule has 0 radical (unpaired) electrons. The highest BCUT2D eigenvalue weighted by molar-refractivity contribution is 7.15. The monoisotopic (exact) mass is 305 g/mol. The van der Waals surface area contributed by atoms with Crippen molar-refractivity contribution in [3.05, 3.63) is 40.3 Å². The fourth-order valence-electron chi connectivity index (χ4n) is 2.01. The Bertz CT molecular complexity index is 578. The Labute approximate surface area is 130 Å². The van der Waals surface area contributed by atoms with Gasteiger partial charge in [0, 0.05) is 26.7 Å². The zero-order chi connectivity index (χ0) is 15.4. The Morgan fingerprint density at radius 1 is 1.29 bits per heavy atom. The molecular formula is C16H23N3OS. The van der Waals surface area contributed by atoms with E-state index in [0.29, 0.717) is 11.9 Å². The fraction of sp³-hybridized carbons (Fsp3) is 0.438. The molecule has 2 rings (SSSR count). The zero-order valence-corrected chi connectivity index (χ0v) is 14.1. The van der Waals surface area contributed by atoms with Crippen LogP contribution in [0.25, 0.3) is 0 Å². The average Bonchev–Trinajstić information content (AvgIpc) is 2.89. The summed E-state index contributed by atoms with van der Waals surface area (Å²) in [5.41, 5.74) is 2.57. The molecule has 0 spiro atoms. The first kappa shape index (κ1) is 15.8. The van der Waals surface area contributed by atoms with Gasteiger partial charge in [-0.1, -0.05) is 41.2 Å². The van der Waals surface area contributed by atoms with Crippen molar-refractivity contribution in [2.75, 3.05) is 26.1 Å². The molecule has 1 aromatic carbocycles. The first-order valence-electron chi connectivity index (χ1n) is 7.02. The van der Waals surface area contributed by atoms with E-state index < -0.39 is 0 Å². The molecule has 0 saturated carbocycles. The highest BCUT2D eigenvalue weighted by atomic mass is 32.1. The Morgan fingerprint density at radius 3 is 2.52 bits per heavy atom. The molecule has 1 N–H and O–H groups in total. The maximum Gasteiger partial charge on any atom is 0.230 e. The second-order valence-corrected chi connectivity index (χ2v) is 6.40. The first-order valence-corrected chi connectivity index (χ1v) is 7.84. The third kappa shape index (κ3) is 3.95. The summed E-state index contributed by atoms with van der Waals surface area (Å²) in [7, 11) is 5.65. The minimum atomic E-state index is 0.292. The van der Waals surface area contributed by atoms with Gasteiger partial charge in [-0.05, 0) is 19.4 Å². The maximum absolute atomic E-state index is 5.36. The number of anilines is 1. The van der Waals surface area contributed by atoms with Crippen molar-refractivity contribution in [1.29, 1.82) is 0 Å². The van der Waals surface area contributed by atoms with Gasteiger partial charge in [-0.3, -0.25) is 0 Å². The van der Waals surface area contributed by atoms with Crippen LogP contribution in [-0.2, 0) is 6.54 Å². The summed E-state index contributed by atoms with van der Waals surface area (Å²) in [6.45, 7) is 5.03.